The number of benzene rings is 1. The van der Waals surface area contributed by atoms with Crippen LogP contribution in [0.2, 0.25) is 0 Å². The number of anilines is 1. The molecule has 0 radical (unpaired) electrons. The second-order valence-electron chi connectivity index (χ2n) is 6.22. The van der Waals surface area contributed by atoms with Crippen molar-refractivity contribution < 1.29 is 19.2 Å². The van der Waals surface area contributed by atoms with Crippen molar-refractivity contribution in [3.8, 4) is 0 Å². The third kappa shape index (κ3) is 1.81. The Bertz CT molecular complexity index is 686. The molecule has 1 aromatic carbocycles. The van der Waals surface area contributed by atoms with Crippen LogP contribution in [0.1, 0.15) is 12.8 Å². The van der Waals surface area contributed by atoms with Gasteiger partial charge in [0.25, 0.3) is 5.69 Å². The lowest BCUT2D eigenvalue weighted by Crippen LogP contribution is -2.35. The Balaban J connectivity index is 1.55. The number of hydrogen-bond acceptors (Lipinski definition) is 5. The number of rotatable bonds is 3. The lowest BCUT2D eigenvalue weighted by atomic mass is 9.79. The molecule has 1 aromatic rings. The number of nitro groups is 1. The van der Waals surface area contributed by atoms with Crippen molar-refractivity contribution in [3.63, 3.8) is 0 Å². The number of nitrogens with zero attached hydrogens (tertiary/aromatic N) is 1. The monoisotopic (exact) mass is 302 g/mol. The van der Waals surface area contributed by atoms with Crippen LogP contribution in [-0.2, 0) is 14.3 Å². The van der Waals surface area contributed by atoms with E-state index < -0.39 is 4.92 Å². The SMILES string of the molecule is O=C(Nc1cccc([N+](=O)[O-])c1)[C@@H]1[C@@H]2C[C@H]3[C@H]1C(=O)O[C@H]3C2. The van der Waals surface area contributed by atoms with E-state index >= 15 is 0 Å². The van der Waals surface area contributed by atoms with Crippen molar-refractivity contribution in [2.45, 2.75) is 18.9 Å². The zero-order valence-electron chi connectivity index (χ0n) is 11.6. The van der Waals surface area contributed by atoms with E-state index in [9.17, 15) is 19.7 Å². The number of non-ortho nitro benzene ring substituents is 1. The van der Waals surface area contributed by atoms with Crippen molar-refractivity contribution in [2.24, 2.45) is 23.7 Å². The summed E-state index contributed by atoms with van der Waals surface area (Å²) in [6.45, 7) is 0. The maximum absolute atomic E-state index is 12.5. The number of ether oxygens (including phenoxy) is 1. The van der Waals surface area contributed by atoms with Gasteiger partial charge in [-0.1, -0.05) is 6.07 Å². The number of carbonyl (C=O) groups is 2. The van der Waals surface area contributed by atoms with E-state index in [1.165, 1.54) is 18.2 Å². The van der Waals surface area contributed by atoms with Gasteiger partial charge in [-0.25, -0.2) is 0 Å². The molecular weight excluding hydrogens is 288 g/mol. The van der Waals surface area contributed by atoms with E-state index in [2.05, 4.69) is 5.32 Å². The van der Waals surface area contributed by atoms with Gasteiger partial charge in [-0.05, 0) is 24.8 Å². The van der Waals surface area contributed by atoms with E-state index in [0.29, 0.717) is 5.69 Å². The van der Waals surface area contributed by atoms with Gasteiger partial charge in [0.1, 0.15) is 6.10 Å². The summed E-state index contributed by atoms with van der Waals surface area (Å²) in [5, 5.41) is 13.5. The van der Waals surface area contributed by atoms with Crippen LogP contribution < -0.4 is 5.32 Å². The Morgan fingerprint density at radius 3 is 2.95 bits per heavy atom. The molecule has 1 heterocycles. The van der Waals surface area contributed by atoms with Gasteiger partial charge in [0.2, 0.25) is 5.91 Å². The number of hydrogen-bond donors (Lipinski definition) is 1. The van der Waals surface area contributed by atoms with Crippen LogP contribution in [-0.4, -0.2) is 22.9 Å². The highest BCUT2D eigenvalue weighted by atomic mass is 16.6. The fraction of sp³-hybridized carbons (Fsp3) is 0.467. The van der Waals surface area contributed by atoms with E-state index in [4.69, 9.17) is 4.74 Å². The molecule has 3 fully saturated rings. The molecule has 114 valence electrons. The average Bonchev–Trinajstić information content (AvgIpc) is 3.08. The smallest absolute Gasteiger partial charge is 0.310 e. The van der Waals surface area contributed by atoms with Crippen LogP contribution in [0.25, 0.3) is 0 Å². The molecule has 22 heavy (non-hydrogen) atoms. The van der Waals surface area contributed by atoms with Crippen molar-refractivity contribution in [3.05, 3.63) is 34.4 Å². The molecule has 7 heteroatoms. The first kappa shape index (κ1) is 13.2. The minimum atomic E-state index is -0.508. The zero-order chi connectivity index (χ0) is 15.4. The molecule has 0 aromatic heterocycles. The van der Waals surface area contributed by atoms with Crippen LogP contribution in [0, 0.1) is 33.8 Å². The Hall–Kier alpha value is -2.44. The first-order valence-corrected chi connectivity index (χ1v) is 7.30. The summed E-state index contributed by atoms with van der Waals surface area (Å²) < 4.78 is 5.31. The number of nitrogens with one attached hydrogen (secondary N) is 1. The molecule has 1 N–H and O–H groups in total. The molecule has 4 rings (SSSR count). The number of nitro benzene ring substituents is 1. The topological polar surface area (TPSA) is 98.5 Å². The van der Waals surface area contributed by atoms with E-state index in [0.717, 1.165) is 12.8 Å². The third-order valence-corrected chi connectivity index (χ3v) is 5.11. The van der Waals surface area contributed by atoms with Crippen LogP contribution >= 0.6 is 0 Å². The molecule has 1 amide bonds. The maximum Gasteiger partial charge on any atom is 0.310 e. The second kappa shape index (κ2) is 4.53. The summed E-state index contributed by atoms with van der Waals surface area (Å²) in [6, 6.07) is 5.81. The number of amides is 1. The lowest BCUT2D eigenvalue weighted by Gasteiger charge is -2.23. The fourth-order valence-corrected chi connectivity index (χ4v) is 4.29. The number of esters is 1. The quantitative estimate of drug-likeness (QED) is 0.521. The molecule has 2 saturated carbocycles. The fourth-order valence-electron chi connectivity index (χ4n) is 4.29. The van der Waals surface area contributed by atoms with Crippen molar-refractivity contribution >= 4 is 23.3 Å². The minimum Gasteiger partial charge on any atom is -0.462 e. The summed E-state index contributed by atoms with van der Waals surface area (Å²) in [6.07, 6.45) is 1.60. The zero-order valence-corrected chi connectivity index (χ0v) is 11.6. The standard InChI is InChI=1S/C15H14N2O5/c18-14(16-8-2-1-3-9(6-8)17(20)21)12-7-4-10-11(5-7)22-15(19)13(10)12/h1-3,6-7,10-13H,4-5H2,(H,16,18)/t7-,10-,11+,12-,13-/m1/s1. The molecule has 1 aliphatic heterocycles. The Morgan fingerprint density at radius 2 is 2.18 bits per heavy atom. The summed E-state index contributed by atoms with van der Waals surface area (Å²) in [5.41, 5.74) is 0.302. The van der Waals surface area contributed by atoms with Crippen LogP contribution in [0.5, 0.6) is 0 Å². The van der Waals surface area contributed by atoms with Crippen LogP contribution in [0.15, 0.2) is 24.3 Å². The Kier molecular flexibility index (Phi) is 2.72. The molecule has 2 aliphatic carbocycles. The highest BCUT2D eigenvalue weighted by molar-refractivity contribution is 5.97. The van der Waals surface area contributed by atoms with Gasteiger partial charge in [-0.15, -0.1) is 0 Å². The van der Waals surface area contributed by atoms with Gasteiger partial charge in [0.15, 0.2) is 0 Å². The van der Waals surface area contributed by atoms with Gasteiger partial charge in [0, 0.05) is 23.7 Å². The predicted molar refractivity (Wildman–Crippen MR) is 74.8 cm³/mol. The van der Waals surface area contributed by atoms with Crippen LogP contribution in [0.4, 0.5) is 11.4 Å². The number of fused-ring (bicyclic) bond motifs is 1. The molecule has 5 atom stereocenters. The normalized spacial score (nSPS) is 34.5. The average molecular weight is 302 g/mol. The van der Waals surface area contributed by atoms with Gasteiger partial charge in [0.05, 0.1) is 16.8 Å². The van der Waals surface area contributed by atoms with Crippen molar-refractivity contribution in [1.29, 1.82) is 0 Å². The van der Waals surface area contributed by atoms with E-state index in [-0.39, 0.29) is 47.3 Å². The van der Waals surface area contributed by atoms with E-state index in [1.54, 1.807) is 6.07 Å². The first-order chi connectivity index (χ1) is 10.5. The van der Waals surface area contributed by atoms with Gasteiger partial charge >= 0.3 is 5.97 Å². The summed E-state index contributed by atoms with van der Waals surface area (Å²) in [5.74, 6) is -0.897. The van der Waals surface area contributed by atoms with Crippen molar-refractivity contribution in [1.82, 2.24) is 0 Å². The maximum atomic E-state index is 12.5. The van der Waals surface area contributed by atoms with Gasteiger partial charge in [-0.2, -0.15) is 0 Å². The highest BCUT2D eigenvalue weighted by Crippen LogP contribution is 2.57. The molecular formula is C15H14N2O5. The third-order valence-electron chi connectivity index (χ3n) is 5.11. The Labute approximate surface area is 125 Å². The largest absolute Gasteiger partial charge is 0.462 e. The molecule has 1 saturated heterocycles. The Morgan fingerprint density at radius 1 is 1.36 bits per heavy atom. The molecule has 3 aliphatic rings. The summed E-state index contributed by atoms with van der Waals surface area (Å²) in [4.78, 5) is 34.7. The van der Waals surface area contributed by atoms with E-state index in [1.807, 2.05) is 0 Å². The highest BCUT2D eigenvalue weighted by Gasteiger charge is 2.63. The molecule has 7 nitrogen and oxygen atoms in total. The molecule has 0 unspecified atom stereocenters. The summed E-state index contributed by atoms with van der Waals surface area (Å²) in [7, 11) is 0. The van der Waals surface area contributed by atoms with Crippen molar-refractivity contribution in [2.75, 3.05) is 5.32 Å². The van der Waals surface area contributed by atoms with Crippen LogP contribution in [0.3, 0.4) is 0 Å². The predicted octanol–water partition coefficient (Wildman–Crippen LogP) is 1.73. The first-order valence-electron chi connectivity index (χ1n) is 7.30. The lowest BCUT2D eigenvalue weighted by molar-refractivity contribution is -0.384. The van der Waals surface area contributed by atoms with Gasteiger partial charge in [-0.3, -0.25) is 19.7 Å². The minimum absolute atomic E-state index is 0.00985. The number of carbonyl (C=O) groups excluding carboxylic acids is 2. The summed E-state index contributed by atoms with van der Waals surface area (Å²) >= 11 is 0. The molecule has 0 spiro atoms. The second-order valence-corrected chi connectivity index (χ2v) is 6.22. The molecule has 2 bridgehead atoms. The van der Waals surface area contributed by atoms with Gasteiger partial charge < -0.3 is 10.1 Å².